The average molecular weight is 420 g/mol. The summed E-state index contributed by atoms with van der Waals surface area (Å²) in [6, 6.07) is 8.92. The van der Waals surface area contributed by atoms with Crippen LogP contribution in [-0.4, -0.2) is 37.6 Å². The zero-order chi connectivity index (χ0) is 21.2. The molecule has 31 heavy (non-hydrogen) atoms. The molecule has 7 nitrogen and oxygen atoms in total. The van der Waals surface area contributed by atoms with Crippen molar-refractivity contribution in [2.24, 2.45) is 0 Å². The summed E-state index contributed by atoms with van der Waals surface area (Å²) < 4.78 is 22.0. The molecule has 1 aliphatic rings. The van der Waals surface area contributed by atoms with Crippen molar-refractivity contribution in [3.8, 4) is 17.0 Å². The SMILES string of the molecule is CCNc1cc2c(cn1)c(-c1cn[nH]c1)nn2[C@H]1CC[C@@H](Oc2ccccc2F)CC1. The second-order valence-corrected chi connectivity index (χ2v) is 7.88. The highest BCUT2D eigenvalue weighted by atomic mass is 19.1. The number of fused-ring (bicyclic) bond motifs is 1. The maximum Gasteiger partial charge on any atom is 0.165 e. The normalized spacial score (nSPS) is 18.9. The van der Waals surface area contributed by atoms with Crippen LogP contribution in [0.2, 0.25) is 0 Å². The van der Waals surface area contributed by atoms with Crippen molar-refractivity contribution in [3.05, 3.63) is 54.7 Å². The van der Waals surface area contributed by atoms with Gasteiger partial charge in [-0.1, -0.05) is 12.1 Å². The van der Waals surface area contributed by atoms with E-state index in [0.29, 0.717) is 5.75 Å². The van der Waals surface area contributed by atoms with Crippen molar-refractivity contribution in [2.45, 2.75) is 44.8 Å². The third-order valence-electron chi connectivity index (χ3n) is 5.84. The van der Waals surface area contributed by atoms with Crippen molar-refractivity contribution >= 4 is 16.7 Å². The molecule has 1 fully saturated rings. The molecule has 8 heteroatoms. The Balaban J connectivity index is 1.41. The fraction of sp³-hybridized carbons (Fsp3) is 0.348. The number of halogens is 1. The van der Waals surface area contributed by atoms with Gasteiger partial charge in [-0.2, -0.15) is 10.2 Å². The van der Waals surface area contributed by atoms with E-state index in [4.69, 9.17) is 9.84 Å². The van der Waals surface area contributed by atoms with E-state index in [9.17, 15) is 4.39 Å². The summed E-state index contributed by atoms with van der Waals surface area (Å²) in [5, 5.41) is 16.2. The van der Waals surface area contributed by atoms with Crippen molar-refractivity contribution in [2.75, 3.05) is 11.9 Å². The minimum atomic E-state index is -0.309. The maximum atomic E-state index is 13.9. The Hall–Kier alpha value is -3.42. The number of anilines is 1. The van der Waals surface area contributed by atoms with E-state index in [0.717, 1.165) is 60.2 Å². The van der Waals surface area contributed by atoms with E-state index >= 15 is 0 Å². The molecule has 0 radical (unpaired) electrons. The number of hydrogen-bond donors (Lipinski definition) is 2. The standard InChI is InChI=1S/C23H25FN6O/c1-2-25-22-11-20-18(14-26-22)23(15-12-27-28-13-15)29-30(20)16-7-9-17(10-8-16)31-21-6-4-3-5-19(21)24/h3-6,11-14,16-17H,2,7-10H2,1H3,(H,25,26)(H,27,28)/t16-,17+. The first kappa shape index (κ1) is 19.5. The monoisotopic (exact) mass is 420 g/mol. The van der Waals surface area contributed by atoms with Gasteiger partial charge in [0, 0.05) is 36.0 Å². The van der Waals surface area contributed by atoms with Crippen LogP contribution in [0, 0.1) is 5.82 Å². The van der Waals surface area contributed by atoms with Crippen LogP contribution in [0.4, 0.5) is 10.2 Å². The van der Waals surface area contributed by atoms with Crippen molar-refractivity contribution in [1.29, 1.82) is 0 Å². The Morgan fingerprint density at radius 1 is 1.19 bits per heavy atom. The zero-order valence-corrected chi connectivity index (χ0v) is 17.4. The molecule has 0 bridgehead atoms. The third-order valence-corrected chi connectivity index (χ3v) is 5.84. The highest BCUT2D eigenvalue weighted by Gasteiger charge is 2.27. The number of benzene rings is 1. The molecule has 1 saturated carbocycles. The summed E-state index contributed by atoms with van der Waals surface area (Å²) in [6.07, 6.45) is 9.07. The van der Waals surface area contributed by atoms with Gasteiger partial charge in [-0.15, -0.1) is 0 Å². The molecule has 5 rings (SSSR count). The fourth-order valence-corrected chi connectivity index (χ4v) is 4.31. The van der Waals surface area contributed by atoms with Gasteiger partial charge in [-0.3, -0.25) is 9.78 Å². The summed E-state index contributed by atoms with van der Waals surface area (Å²) in [6.45, 7) is 2.86. The quantitative estimate of drug-likeness (QED) is 0.461. The number of H-pyrrole nitrogens is 1. The van der Waals surface area contributed by atoms with Crippen molar-refractivity contribution < 1.29 is 9.13 Å². The Morgan fingerprint density at radius 2 is 2.03 bits per heavy atom. The lowest BCUT2D eigenvalue weighted by molar-refractivity contribution is 0.126. The van der Waals surface area contributed by atoms with Gasteiger partial charge in [0.05, 0.1) is 23.9 Å². The molecule has 0 spiro atoms. The maximum absolute atomic E-state index is 13.9. The number of nitrogens with zero attached hydrogens (tertiary/aromatic N) is 4. The fourth-order valence-electron chi connectivity index (χ4n) is 4.31. The number of para-hydroxylation sites is 1. The summed E-state index contributed by atoms with van der Waals surface area (Å²) in [7, 11) is 0. The van der Waals surface area contributed by atoms with E-state index in [1.807, 2.05) is 12.4 Å². The topological polar surface area (TPSA) is 80.7 Å². The minimum Gasteiger partial charge on any atom is -0.487 e. The van der Waals surface area contributed by atoms with E-state index in [1.165, 1.54) is 6.07 Å². The molecule has 3 aromatic heterocycles. The first-order valence-electron chi connectivity index (χ1n) is 10.8. The molecule has 2 N–H and O–H groups in total. The molecule has 0 unspecified atom stereocenters. The number of aromatic nitrogens is 5. The van der Waals surface area contributed by atoms with Crippen molar-refractivity contribution in [1.82, 2.24) is 25.0 Å². The van der Waals surface area contributed by atoms with Crippen LogP contribution in [0.1, 0.15) is 38.6 Å². The van der Waals surface area contributed by atoms with Crippen LogP contribution in [0.15, 0.2) is 48.9 Å². The summed E-state index contributed by atoms with van der Waals surface area (Å²) in [5.74, 6) is 0.862. The molecule has 1 aliphatic carbocycles. The zero-order valence-electron chi connectivity index (χ0n) is 17.4. The second kappa shape index (κ2) is 8.37. The number of hydrogen-bond acceptors (Lipinski definition) is 5. The van der Waals surface area contributed by atoms with Gasteiger partial charge >= 0.3 is 0 Å². The number of rotatable bonds is 6. The third kappa shape index (κ3) is 3.85. The summed E-state index contributed by atoms with van der Waals surface area (Å²) >= 11 is 0. The molecular formula is C23H25FN6O. The average Bonchev–Trinajstić information content (AvgIpc) is 3.44. The minimum absolute atomic E-state index is 0.0160. The van der Waals surface area contributed by atoms with Gasteiger partial charge in [-0.25, -0.2) is 9.37 Å². The predicted octanol–water partition coefficient (Wildman–Crippen LogP) is 4.96. The van der Waals surface area contributed by atoms with E-state index in [-0.39, 0.29) is 18.0 Å². The van der Waals surface area contributed by atoms with Gasteiger partial charge < -0.3 is 10.1 Å². The lowest BCUT2D eigenvalue weighted by Gasteiger charge is -2.29. The Kier molecular flexibility index (Phi) is 5.28. The molecule has 0 amide bonds. The van der Waals surface area contributed by atoms with E-state index in [2.05, 4.69) is 38.2 Å². The molecule has 0 aliphatic heterocycles. The molecular weight excluding hydrogens is 395 g/mol. The number of aromatic amines is 1. The highest BCUT2D eigenvalue weighted by molar-refractivity contribution is 5.93. The molecule has 4 aromatic rings. The van der Waals surface area contributed by atoms with E-state index < -0.39 is 0 Å². The van der Waals surface area contributed by atoms with Gasteiger partial charge in [-0.05, 0) is 44.7 Å². The van der Waals surface area contributed by atoms with Crippen LogP contribution in [-0.2, 0) is 0 Å². The van der Waals surface area contributed by atoms with Crippen LogP contribution >= 0.6 is 0 Å². The lowest BCUT2D eigenvalue weighted by atomic mass is 9.93. The first-order chi connectivity index (χ1) is 15.2. The summed E-state index contributed by atoms with van der Waals surface area (Å²) in [5.41, 5.74) is 2.88. The Bertz CT molecular complexity index is 1160. The van der Waals surface area contributed by atoms with Gasteiger partial charge in [0.15, 0.2) is 11.6 Å². The highest BCUT2D eigenvalue weighted by Crippen LogP contribution is 2.36. The smallest absolute Gasteiger partial charge is 0.165 e. The van der Waals surface area contributed by atoms with E-state index in [1.54, 1.807) is 24.4 Å². The van der Waals surface area contributed by atoms with Gasteiger partial charge in [0.2, 0.25) is 0 Å². The number of nitrogens with one attached hydrogen (secondary N) is 2. The largest absolute Gasteiger partial charge is 0.487 e. The number of ether oxygens (including phenoxy) is 1. The molecule has 1 aromatic carbocycles. The van der Waals surface area contributed by atoms with Gasteiger partial charge in [0.25, 0.3) is 0 Å². The number of pyridine rings is 1. The summed E-state index contributed by atoms with van der Waals surface area (Å²) in [4.78, 5) is 4.54. The molecule has 160 valence electrons. The van der Waals surface area contributed by atoms with Crippen molar-refractivity contribution in [3.63, 3.8) is 0 Å². The lowest BCUT2D eigenvalue weighted by Crippen LogP contribution is -2.26. The Labute approximate surface area is 179 Å². The van der Waals surface area contributed by atoms with Crippen LogP contribution < -0.4 is 10.1 Å². The van der Waals surface area contributed by atoms with Crippen LogP contribution in [0.3, 0.4) is 0 Å². The Morgan fingerprint density at radius 3 is 2.77 bits per heavy atom. The second-order valence-electron chi connectivity index (χ2n) is 7.88. The molecule has 0 atom stereocenters. The molecule has 3 heterocycles. The predicted molar refractivity (Wildman–Crippen MR) is 118 cm³/mol. The van der Waals surface area contributed by atoms with Crippen LogP contribution in [0.25, 0.3) is 22.2 Å². The first-order valence-corrected chi connectivity index (χ1v) is 10.8. The van der Waals surface area contributed by atoms with Gasteiger partial charge in [0.1, 0.15) is 11.5 Å². The molecule has 0 saturated heterocycles. The van der Waals surface area contributed by atoms with Crippen LogP contribution in [0.5, 0.6) is 5.75 Å².